The topological polar surface area (TPSA) is 23.5 Å². The molecule has 2 nitrogen and oxygen atoms in total. The Hall–Kier alpha value is 0.400. The van der Waals surface area contributed by atoms with Crippen molar-refractivity contribution in [3.63, 3.8) is 0 Å². The van der Waals surface area contributed by atoms with E-state index in [4.69, 9.17) is 5.11 Å². The molecule has 0 amide bonds. The van der Waals surface area contributed by atoms with Gasteiger partial charge in [-0.3, -0.25) is 0 Å². The molecule has 0 aromatic heterocycles. The third-order valence-electron chi connectivity index (χ3n) is 3.96. The Kier molecular flexibility index (Phi) is 3.50. The molecule has 2 atom stereocenters. The first-order valence-electron chi connectivity index (χ1n) is 5.67. The zero-order valence-corrected chi connectivity index (χ0v) is 10.3. The van der Waals surface area contributed by atoms with Crippen LogP contribution in [0, 0.1) is 11.3 Å². The maximum atomic E-state index is 8.91. The molecule has 0 unspecified atom stereocenters. The second-order valence-electron chi connectivity index (χ2n) is 5.01. The van der Waals surface area contributed by atoms with Crippen LogP contribution in [-0.4, -0.2) is 41.6 Å². The van der Waals surface area contributed by atoms with Gasteiger partial charge in [0.2, 0.25) is 0 Å². The average molecular weight is 262 g/mol. The van der Waals surface area contributed by atoms with E-state index in [2.05, 4.69) is 20.8 Å². The standard InChI is InChI=1S/C11H20BrNO/c12-8-10-1-2-11(7-10)3-4-13(9-11)5-6-14/h10,14H,1-9H2/t10-,11-/m1/s1. The number of hydrogen-bond donors (Lipinski definition) is 1. The van der Waals surface area contributed by atoms with Gasteiger partial charge in [0.05, 0.1) is 6.61 Å². The summed E-state index contributed by atoms with van der Waals surface area (Å²) in [6.07, 6.45) is 5.57. The molecule has 1 N–H and O–H groups in total. The maximum absolute atomic E-state index is 8.91. The van der Waals surface area contributed by atoms with E-state index in [0.717, 1.165) is 12.5 Å². The third-order valence-corrected chi connectivity index (χ3v) is 4.87. The van der Waals surface area contributed by atoms with Crippen molar-refractivity contribution in [3.05, 3.63) is 0 Å². The summed E-state index contributed by atoms with van der Waals surface area (Å²) in [5, 5.41) is 10.1. The Labute approximate surface area is 94.8 Å². The molecule has 14 heavy (non-hydrogen) atoms. The first-order valence-corrected chi connectivity index (χ1v) is 6.79. The van der Waals surface area contributed by atoms with E-state index in [9.17, 15) is 0 Å². The second-order valence-corrected chi connectivity index (χ2v) is 5.66. The van der Waals surface area contributed by atoms with Gasteiger partial charge in [-0.15, -0.1) is 0 Å². The Bertz CT molecular complexity index is 200. The number of nitrogens with zero attached hydrogens (tertiary/aromatic N) is 1. The zero-order chi connectivity index (χ0) is 10.0. The zero-order valence-electron chi connectivity index (χ0n) is 8.71. The second kappa shape index (κ2) is 4.50. The minimum absolute atomic E-state index is 0.317. The molecular formula is C11H20BrNO. The number of hydrogen-bond acceptors (Lipinski definition) is 2. The Balaban J connectivity index is 1.87. The van der Waals surface area contributed by atoms with Crippen LogP contribution in [0.5, 0.6) is 0 Å². The van der Waals surface area contributed by atoms with Crippen LogP contribution in [0.2, 0.25) is 0 Å². The van der Waals surface area contributed by atoms with Crippen LogP contribution >= 0.6 is 15.9 Å². The van der Waals surface area contributed by atoms with Crippen LogP contribution in [-0.2, 0) is 0 Å². The van der Waals surface area contributed by atoms with Crippen LogP contribution < -0.4 is 0 Å². The molecule has 3 heteroatoms. The monoisotopic (exact) mass is 261 g/mol. The molecule has 1 spiro atoms. The van der Waals surface area contributed by atoms with Crippen LogP contribution in [0.3, 0.4) is 0 Å². The molecule has 0 aromatic rings. The molecule has 0 aromatic carbocycles. The fraction of sp³-hybridized carbons (Fsp3) is 1.00. The molecule has 2 fully saturated rings. The van der Waals surface area contributed by atoms with E-state index in [1.807, 2.05) is 0 Å². The number of alkyl halides is 1. The van der Waals surface area contributed by atoms with E-state index in [0.29, 0.717) is 12.0 Å². The highest BCUT2D eigenvalue weighted by molar-refractivity contribution is 9.09. The van der Waals surface area contributed by atoms with Crippen LogP contribution in [0.1, 0.15) is 25.7 Å². The van der Waals surface area contributed by atoms with Crippen molar-refractivity contribution in [1.29, 1.82) is 0 Å². The lowest BCUT2D eigenvalue weighted by atomic mass is 9.85. The summed E-state index contributed by atoms with van der Waals surface area (Å²) in [4.78, 5) is 2.43. The summed E-state index contributed by atoms with van der Waals surface area (Å²) in [5.74, 6) is 0.907. The van der Waals surface area contributed by atoms with Gasteiger partial charge in [0.25, 0.3) is 0 Å². The predicted octanol–water partition coefficient (Wildman–Crippen LogP) is 1.87. The Morgan fingerprint density at radius 3 is 2.93 bits per heavy atom. The number of halogens is 1. The Morgan fingerprint density at radius 1 is 1.43 bits per heavy atom. The van der Waals surface area contributed by atoms with E-state index in [-0.39, 0.29) is 0 Å². The van der Waals surface area contributed by atoms with Gasteiger partial charge in [-0.2, -0.15) is 0 Å². The highest BCUT2D eigenvalue weighted by Crippen LogP contribution is 2.48. The van der Waals surface area contributed by atoms with Gasteiger partial charge in [-0.25, -0.2) is 0 Å². The van der Waals surface area contributed by atoms with Gasteiger partial charge in [0, 0.05) is 18.4 Å². The predicted molar refractivity (Wildman–Crippen MR) is 61.7 cm³/mol. The van der Waals surface area contributed by atoms with Crippen LogP contribution in [0.25, 0.3) is 0 Å². The van der Waals surface area contributed by atoms with Gasteiger partial charge >= 0.3 is 0 Å². The lowest BCUT2D eigenvalue weighted by Crippen LogP contribution is -2.27. The minimum Gasteiger partial charge on any atom is -0.395 e. The van der Waals surface area contributed by atoms with Crippen molar-refractivity contribution in [3.8, 4) is 0 Å². The summed E-state index contributed by atoms with van der Waals surface area (Å²) in [7, 11) is 0. The quantitative estimate of drug-likeness (QED) is 0.785. The van der Waals surface area contributed by atoms with E-state index in [1.54, 1.807) is 0 Å². The number of aliphatic hydroxyl groups is 1. The van der Waals surface area contributed by atoms with Gasteiger partial charge in [0.15, 0.2) is 0 Å². The van der Waals surface area contributed by atoms with Crippen molar-refractivity contribution in [2.45, 2.75) is 25.7 Å². The summed E-state index contributed by atoms with van der Waals surface area (Å²) in [6, 6.07) is 0. The molecule has 1 aliphatic carbocycles. The van der Waals surface area contributed by atoms with Gasteiger partial charge < -0.3 is 10.0 Å². The fourth-order valence-corrected chi connectivity index (χ4v) is 3.74. The molecule has 2 rings (SSSR count). The largest absolute Gasteiger partial charge is 0.395 e. The van der Waals surface area contributed by atoms with E-state index in [1.165, 1.54) is 44.1 Å². The fourth-order valence-electron chi connectivity index (χ4n) is 3.19. The summed E-state index contributed by atoms with van der Waals surface area (Å²) in [6.45, 7) is 3.63. The van der Waals surface area contributed by atoms with Gasteiger partial charge in [0.1, 0.15) is 0 Å². The molecule has 0 bridgehead atoms. The lowest BCUT2D eigenvalue weighted by Gasteiger charge is -2.23. The summed E-state index contributed by atoms with van der Waals surface area (Å²) >= 11 is 3.60. The van der Waals surface area contributed by atoms with Crippen molar-refractivity contribution in [1.82, 2.24) is 4.90 Å². The van der Waals surface area contributed by atoms with Crippen molar-refractivity contribution in [2.75, 3.05) is 31.6 Å². The number of likely N-dealkylation sites (tertiary alicyclic amines) is 1. The number of rotatable bonds is 3. The number of aliphatic hydroxyl groups excluding tert-OH is 1. The third kappa shape index (κ3) is 2.15. The molecule has 82 valence electrons. The molecule has 0 radical (unpaired) electrons. The summed E-state index contributed by atoms with van der Waals surface area (Å²) in [5.41, 5.74) is 0.619. The van der Waals surface area contributed by atoms with Gasteiger partial charge in [-0.1, -0.05) is 15.9 Å². The van der Waals surface area contributed by atoms with Crippen molar-refractivity contribution < 1.29 is 5.11 Å². The molecule has 1 saturated carbocycles. The molecule has 1 aliphatic heterocycles. The molecular weight excluding hydrogens is 242 g/mol. The van der Waals surface area contributed by atoms with E-state index >= 15 is 0 Å². The first-order chi connectivity index (χ1) is 6.78. The highest BCUT2D eigenvalue weighted by atomic mass is 79.9. The molecule has 1 heterocycles. The van der Waals surface area contributed by atoms with E-state index < -0.39 is 0 Å². The number of β-amino-alcohol motifs (C(OH)–C–C–N with tert-alkyl or cyclic N) is 1. The first kappa shape index (κ1) is 10.9. The normalized spacial score (nSPS) is 38.6. The highest BCUT2D eigenvalue weighted by Gasteiger charge is 2.43. The maximum Gasteiger partial charge on any atom is 0.0558 e. The van der Waals surface area contributed by atoms with Crippen molar-refractivity contribution >= 4 is 15.9 Å². The molecule has 1 saturated heterocycles. The van der Waals surface area contributed by atoms with Crippen molar-refractivity contribution in [2.24, 2.45) is 11.3 Å². The molecule has 2 aliphatic rings. The van der Waals surface area contributed by atoms with Crippen LogP contribution in [0.15, 0.2) is 0 Å². The smallest absolute Gasteiger partial charge is 0.0558 e. The minimum atomic E-state index is 0.317. The lowest BCUT2D eigenvalue weighted by molar-refractivity contribution is 0.199. The van der Waals surface area contributed by atoms with Gasteiger partial charge in [-0.05, 0) is 43.6 Å². The SMILES string of the molecule is OCCN1CC[C@@]2(CC[C@@H](CBr)C2)C1. The Morgan fingerprint density at radius 2 is 2.29 bits per heavy atom. The summed E-state index contributed by atoms with van der Waals surface area (Å²) < 4.78 is 0. The van der Waals surface area contributed by atoms with Crippen LogP contribution in [0.4, 0.5) is 0 Å². The average Bonchev–Trinajstić information content (AvgIpc) is 2.76.